The Kier molecular flexibility index (Phi) is 12.5. The van der Waals surface area contributed by atoms with Crippen LogP contribution in [0.4, 0.5) is 34.1 Å². The molecule has 2 heterocycles. The minimum atomic E-state index is -0.250. The van der Waals surface area contributed by atoms with Gasteiger partial charge in [-0.1, -0.05) is 244 Å². The highest BCUT2D eigenvalue weighted by molar-refractivity contribution is 6.31. The van der Waals surface area contributed by atoms with Crippen LogP contribution in [0.15, 0.2) is 191 Å². The Morgan fingerprint density at radius 3 is 1.03 bits per heavy atom. The van der Waals surface area contributed by atoms with Gasteiger partial charge in [-0.05, 0) is 148 Å². The van der Waals surface area contributed by atoms with Crippen molar-refractivity contribution < 1.29 is 8.83 Å². The monoisotopic (exact) mass is 1120 g/mol. The zero-order valence-electron chi connectivity index (χ0n) is 53.2. The molecule has 0 fully saturated rings. The third-order valence-corrected chi connectivity index (χ3v) is 18.7. The van der Waals surface area contributed by atoms with Gasteiger partial charge >= 0.3 is 0 Å². The fourth-order valence-corrected chi connectivity index (χ4v) is 14.1. The Labute approximate surface area is 507 Å². The van der Waals surface area contributed by atoms with Crippen LogP contribution in [0.1, 0.15) is 156 Å². The number of nitrogens with zero attached hydrogens (tertiary/aromatic N) is 2. The lowest BCUT2D eigenvalue weighted by Gasteiger charge is -2.36. The molecule has 86 heavy (non-hydrogen) atoms. The first-order valence-corrected chi connectivity index (χ1v) is 31.2. The average molecular weight is 1130 g/mol. The van der Waals surface area contributed by atoms with E-state index in [-0.39, 0.29) is 33.5 Å². The predicted octanol–water partition coefficient (Wildman–Crippen LogP) is 25.1. The van der Waals surface area contributed by atoms with E-state index in [2.05, 4.69) is 303 Å². The summed E-state index contributed by atoms with van der Waals surface area (Å²) in [5, 5.41) is 16.7. The number of para-hydroxylation sites is 4. The third-order valence-electron chi connectivity index (χ3n) is 18.7. The Bertz CT molecular complexity index is 4720. The molecule has 4 nitrogen and oxygen atoms in total. The third kappa shape index (κ3) is 8.67. The first kappa shape index (κ1) is 55.3. The topological polar surface area (TPSA) is 32.8 Å². The van der Waals surface area contributed by atoms with Crippen molar-refractivity contribution in [2.75, 3.05) is 9.80 Å². The summed E-state index contributed by atoms with van der Waals surface area (Å²) in [6.07, 6.45) is 0. The van der Waals surface area contributed by atoms with Crippen LogP contribution in [-0.2, 0) is 21.7 Å². The molecule has 0 atom stereocenters. The number of anilines is 6. The van der Waals surface area contributed by atoms with E-state index >= 15 is 0 Å². The molecule has 12 aromatic carbocycles. The molecule has 0 amide bonds. The van der Waals surface area contributed by atoms with Crippen molar-refractivity contribution in [3.8, 4) is 0 Å². The van der Waals surface area contributed by atoms with Gasteiger partial charge in [0.2, 0.25) is 0 Å². The van der Waals surface area contributed by atoms with E-state index in [4.69, 9.17) is 8.83 Å². The molecule has 0 aliphatic heterocycles. The standard InChI is InChI=1S/C82H80N2O2/c1-47(2)61-45-69(83(67-27-21-25-57-53-23-17-19-29-71(53)85-77(57)67)75-63-43-51(79(5,6)7)35-31-49(63)33-41-65(75)81(11,12)13)59-40-38-56-62(48(3)4)46-70(60-39-37-55(61)73(59)74(56)60)84(68-28-22-26-58-54-24-18-20-30-72(54)86-78(58)68)76-64-44-52(80(8,9)10)36-32-50(64)34-42-66(76)82(14,15)16/h17-48H,1-16H3. The average Bonchev–Trinajstić information content (AvgIpc) is 0.797. The van der Waals surface area contributed by atoms with Gasteiger partial charge < -0.3 is 18.6 Å². The molecular formula is C82H80N2O2. The molecule has 0 unspecified atom stereocenters. The van der Waals surface area contributed by atoms with Gasteiger partial charge in [0.15, 0.2) is 11.2 Å². The first-order chi connectivity index (χ1) is 40.9. The van der Waals surface area contributed by atoms with E-state index in [1.54, 1.807) is 0 Å². The second-order valence-corrected chi connectivity index (χ2v) is 29.3. The van der Waals surface area contributed by atoms with Crippen LogP contribution >= 0.6 is 0 Å². The second kappa shape index (κ2) is 19.5. The molecule has 0 saturated heterocycles. The van der Waals surface area contributed by atoms with Crippen LogP contribution in [0.5, 0.6) is 0 Å². The number of rotatable bonds is 8. The molecule has 4 heteroatoms. The van der Waals surface area contributed by atoms with Crippen molar-refractivity contribution in [1.29, 1.82) is 0 Å². The maximum absolute atomic E-state index is 7.18. The molecule has 0 saturated carbocycles. The molecule has 0 aliphatic rings. The Hall–Kier alpha value is -8.60. The number of furan rings is 2. The van der Waals surface area contributed by atoms with Gasteiger partial charge in [0, 0.05) is 43.1 Å². The Morgan fingerprint density at radius 2 is 0.663 bits per heavy atom. The molecule has 2 aromatic heterocycles. The van der Waals surface area contributed by atoms with Gasteiger partial charge in [-0.2, -0.15) is 0 Å². The summed E-state index contributed by atoms with van der Waals surface area (Å²) in [5.41, 5.74) is 17.2. The van der Waals surface area contributed by atoms with Gasteiger partial charge in [-0.3, -0.25) is 0 Å². The predicted molar refractivity (Wildman–Crippen MR) is 372 cm³/mol. The van der Waals surface area contributed by atoms with Crippen molar-refractivity contribution >= 4 is 132 Å². The molecule has 0 N–H and O–H groups in total. The number of benzene rings is 12. The quantitative estimate of drug-likeness (QED) is 0.142. The lowest BCUT2D eigenvalue weighted by molar-refractivity contribution is 0.589. The minimum absolute atomic E-state index is 0.0885. The van der Waals surface area contributed by atoms with Gasteiger partial charge in [0.05, 0.1) is 34.1 Å². The molecule has 0 bridgehead atoms. The molecule has 0 aliphatic carbocycles. The first-order valence-electron chi connectivity index (χ1n) is 31.2. The van der Waals surface area contributed by atoms with Crippen LogP contribution < -0.4 is 9.80 Å². The summed E-state index contributed by atoms with van der Waals surface area (Å²) in [5.74, 6) is 0.357. The minimum Gasteiger partial charge on any atom is -0.454 e. The number of hydrogen-bond acceptors (Lipinski definition) is 4. The maximum Gasteiger partial charge on any atom is 0.159 e. The van der Waals surface area contributed by atoms with E-state index in [9.17, 15) is 0 Å². The Balaban J connectivity index is 1.18. The normalized spacial score (nSPS) is 13.1. The van der Waals surface area contributed by atoms with Crippen LogP contribution in [0.2, 0.25) is 0 Å². The van der Waals surface area contributed by atoms with Crippen molar-refractivity contribution in [1.82, 2.24) is 0 Å². The van der Waals surface area contributed by atoms with E-state index in [0.29, 0.717) is 0 Å². The highest BCUT2D eigenvalue weighted by atomic mass is 16.3. The highest BCUT2D eigenvalue weighted by Crippen LogP contribution is 2.57. The fourth-order valence-electron chi connectivity index (χ4n) is 14.1. The van der Waals surface area contributed by atoms with Crippen LogP contribution in [0, 0.1) is 0 Å². The summed E-state index contributed by atoms with van der Waals surface area (Å²) >= 11 is 0. The summed E-state index contributed by atoms with van der Waals surface area (Å²) < 4.78 is 14.4. The lowest BCUT2D eigenvalue weighted by atomic mass is 9.80. The van der Waals surface area contributed by atoms with Gasteiger partial charge in [-0.25, -0.2) is 0 Å². The summed E-state index contributed by atoms with van der Waals surface area (Å²) in [6.45, 7) is 37.7. The zero-order valence-corrected chi connectivity index (χ0v) is 53.2. The highest BCUT2D eigenvalue weighted by Gasteiger charge is 2.35. The summed E-state index contributed by atoms with van der Waals surface area (Å²) in [7, 11) is 0. The van der Waals surface area contributed by atoms with E-state index in [1.165, 1.54) is 98.6 Å². The van der Waals surface area contributed by atoms with E-state index in [1.807, 2.05) is 0 Å². The molecule has 0 spiro atoms. The molecule has 14 aromatic rings. The SMILES string of the molecule is CC(C)c1cc(N(c2c(C(C)(C)C)ccc3ccc(C(C)(C)C)cc23)c2cccc3c2oc2ccccc23)c2ccc3c(C(C)C)cc(N(c4c(C(C)(C)C)ccc5ccc(C(C)(C)C)cc45)c4cccc5c4oc4ccccc45)c4ccc1c2c34. The van der Waals surface area contributed by atoms with Crippen LogP contribution in [-0.4, -0.2) is 0 Å². The number of fused-ring (bicyclic) bond motifs is 8. The zero-order chi connectivity index (χ0) is 60.3. The molecule has 430 valence electrons. The summed E-state index contributed by atoms with van der Waals surface area (Å²) in [6, 6.07) is 69.2. The fraction of sp³-hybridized carbons (Fsp3) is 0.268. The smallest absolute Gasteiger partial charge is 0.159 e. The van der Waals surface area contributed by atoms with Crippen molar-refractivity contribution in [2.45, 2.75) is 144 Å². The van der Waals surface area contributed by atoms with Crippen molar-refractivity contribution in [3.05, 3.63) is 215 Å². The van der Waals surface area contributed by atoms with Crippen molar-refractivity contribution in [2.24, 2.45) is 0 Å². The van der Waals surface area contributed by atoms with Crippen molar-refractivity contribution in [3.63, 3.8) is 0 Å². The number of hydrogen-bond donors (Lipinski definition) is 0. The van der Waals surface area contributed by atoms with E-state index < -0.39 is 0 Å². The second-order valence-electron chi connectivity index (χ2n) is 29.3. The molecule has 0 radical (unpaired) electrons. The van der Waals surface area contributed by atoms with E-state index in [0.717, 1.165) is 66.6 Å². The van der Waals surface area contributed by atoms with Gasteiger partial charge in [-0.15, -0.1) is 0 Å². The molecular weight excluding hydrogens is 1040 g/mol. The van der Waals surface area contributed by atoms with Gasteiger partial charge in [0.25, 0.3) is 0 Å². The largest absolute Gasteiger partial charge is 0.454 e. The molecule has 14 rings (SSSR count). The Morgan fingerprint density at radius 1 is 0.302 bits per heavy atom. The maximum atomic E-state index is 7.18. The lowest BCUT2D eigenvalue weighted by Crippen LogP contribution is -2.21. The van der Waals surface area contributed by atoms with Crippen LogP contribution in [0.3, 0.4) is 0 Å². The summed E-state index contributed by atoms with van der Waals surface area (Å²) in [4.78, 5) is 5.24. The van der Waals surface area contributed by atoms with Gasteiger partial charge in [0.1, 0.15) is 11.2 Å². The van der Waals surface area contributed by atoms with Crippen LogP contribution in [0.25, 0.3) is 97.7 Å².